The Morgan fingerprint density at radius 3 is 2.39 bits per heavy atom. The number of halogens is 2. The first-order valence-electron chi connectivity index (χ1n) is 5.92. The van der Waals surface area contributed by atoms with Gasteiger partial charge in [0.2, 0.25) is 0 Å². The van der Waals surface area contributed by atoms with E-state index < -0.39 is 0 Å². The fourth-order valence-electron chi connectivity index (χ4n) is 1.89. The molecule has 18 heavy (non-hydrogen) atoms. The lowest BCUT2D eigenvalue weighted by Crippen LogP contribution is -1.95. The molecule has 0 amide bonds. The molecule has 0 N–H and O–H groups in total. The maximum Gasteiger partial charge on any atom is 0.0733 e. The Morgan fingerprint density at radius 2 is 1.83 bits per heavy atom. The monoisotopic (exact) mass is 298 g/mol. The quantitative estimate of drug-likeness (QED) is 0.624. The zero-order valence-corrected chi connectivity index (χ0v) is 13.1. The van der Waals surface area contributed by atoms with E-state index in [1.807, 2.05) is 6.92 Å². The van der Waals surface area contributed by atoms with Gasteiger partial charge in [0.25, 0.3) is 0 Å². The van der Waals surface area contributed by atoms with Crippen molar-refractivity contribution in [3.05, 3.63) is 55.7 Å². The summed E-state index contributed by atoms with van der Waals surface area (Å²) in [5, 5.41) is 2.84. The number of aryl methyl sites for hydroxylation is 3. The molecule has 1 heterocycles. The van der Waals surface area contributed by atoms with Crippen molar-refractivity contribution >= 4 is 34.5 Å². The van der Waals surface area contributed by atoms with Crippen molar-refractivity contribution in [2.24, 2.45) is 0 Å². The molecule has 0 fully saturated rings. The molecule has 0 aliphatic heterocycles. The van der Waals surface area contributed by atoms with Gasteiger partial charge in [-0.05, 0) is 54.8 Å². The molecule has 0 saturated heterocycles. The van der Waals surface area contributed by atoms with Gasteiger partial charge in [-0.1, -0.05) is 29.8 Å². The number of rotatable bonds is 3. The summed E-state index contributed by atoms with van der Waals surface area (Å²) in [5.74, 6) is 0. The maximum atomic E-state index is 6.48. The number of alkyl halides is 1. The van der Waals surface area contributed by atoms with E-state index in [1.54, 1.807) is 11.3 Å². The first-order chi connectivity index (χ1) is 8.49. The van der Waals surface area contributed by atoms with E-state index in [0.29, 0.717) is 0 Å². The molecule has 0 saturated carbocycles. The van der Waals surface area contributed by atoms with Crippen LogP contribution in [0.2, 0.25) is 5.02 Å². The Hall–Kier alpha value is -0.500. The minimum atomic E-state index is -0.0432. The molecule has 2 aromatic rings. The summed E-state index contributed by atoms with van der Waals surface area (Å²) >= 11 is 14.4. The summed E-state index contributed by atoms with van der Waals surface area (Å²) < 4.78 is 0. The van der Waals surface area contributed by atoms with E-state index in [0.717, 1.165) is 21.9 Å². The van der Waals surface area contributed by atoms with Crippen LogP contribution in [0.15, 0.2) is 23.6 Å². The Morgan fingerprint density at radius 1 is 1.11 bits per heavy atom. The van der Waals surface area contributed by atoms with Gasteiger partial charge in [0, 0.05) is 4.88 Å². The highest BCUT2D eigenvalue weighted by atomic mass is 35.5. The van der Waals surface area contributed by atoms with Crippen LogP contribution in [0.3, 0.4) is 0 Å². The average molecular weight is 299 g/mol. The van der Waals surface area contributed by atoms with Crippen LogP contribution in [0, 0.1) is 20.8 Å². The third kappa shape index (κ3) is 2.90. The Balaban J connectivity index is 2.18. The highest BCUT2D eigenvalue weighted by Gasteiger charge is 2.16. The van der Waals surface area contributed by atoms with Crippen LogP contribution in [0.25, 0.3) is 0 Å². The topological polar surface area (TPSA) is 0 Å². The van der Waals surface area contributed by atoms with Crippen LogP contribution >= 0.6 is 34.5 Å². The second-order valence-corrected chi connectivity index (χ2v) is 6.50. The van der Waals surface area contributed by atoms with Crippen LogP contribution in [0.5, 0.6) is 0 Å². The third-order valence-electron chi connectivity index (χ3n) is 3.20. The SMILES string of the molecule is Cc1ccc(CC(Cl)c2scc(C)c2Cl)cc1C. The second-order valence-electron chi connectivity index (χ2n) is 4.69. The predicted molar refractivity (Wildman–Crippen MR) is 82.3 cm³/mol. The van der Waals surface area contributed by atoms with Gasteiger partial charge in [0.05, 0.1) is 10.4 Å². The van der Waals surface area contributed by atoms with Gasteiger partial charge in [-0.15, -0.1) is 22.9 Å². The van der Waals surface area contributed by atoms with Gasteiger partial charge >= 0.3 is 0 Å². The van der Waals surface area contributed by atoms with E-state index in [-0.39, 0.29) is 5.38 Å². The highest BCUT2D eigenvalue weighted by molar-refractivity contribution is 7.11. The third-order valence-corrected chi connectivity index (χ3v) is 5.53. The molecule has 0 spiro atoms. The molecule has 0 nitrogen and oxygen atoms in total. The zero-order valence-electron chi connectivity index (χ0n) is 10.8. The highest BCUT2D eigenvalue weighted by Crippen LogP contribution is 2.37. The number of benzene rings is 1. The molecule has 0 bridgehead atoms. The lowest BCUT2D eigenvalue weighted by Gasteiger charge is -2.10. The standard InChI is InChI=1S/C15H16Cl2S/c1-9-4-5-12(6-10(9)2)7-13(16)15-14(17)11(3)8-18-15/h4-6,8,13H,7H2,1-3H3. The molecule has 1 aromatic carbocycles. The normalized spacial score (nSPS) is 12.7. The van der Waals surface area contributed by atoms with Crippen molar-refractivity contribution in [1.29, 1.82) is 0 Å². The molecule has 1 aromatic heterocycles. The van der Waals surface area contributed by atoms with Crippen molar-refractivity contribution in [3.63, 3.8) is 0 Å². The Kier molecular flexibility index (Phi) is 4.37. The van der Waals surface area contributed by atoms with Crippen LogP contribution < -0.4 is 0 Å². The number of thiophene rings is 1. The molecular formula is C15H16Cl2S. The largest absolute Gasteiger partial charge is 0.145 e. The Bertz CT molecular complexity index is 558. The van der Waals surface area contributed by atoms with Gasteiger partial charge in [-0.3, -0.25) is 0 Å². The summed E-state index contributed by atoms with van der Waals surface area (Å²) in [6, 6.07) is 6.50. The molecule has 1 unspecified atom stereocenters. The van der Waals surface area contributed by atoms with Crippen LogP contribution in [-0.4, -0.2) is 0 Å². The van der Waals surface area contributed by atoms with Crippen molar-refractivity contribution in [3.8, 4) is 0 Å². The second kappa shape index (κ2) is 5.64. The molecule has 0 radical (unpaired) electrons. The van der Waals surface area contributed by atoms with Gasteiger partial charge in [-0.2, -0.15) is 0 Å². The summed E-state index contributed by atoms with van der Waals surface area (Å²) in [4.78, 5) is 1.08. The Labute approximate surface area is 123 Å². The average Bonchev–Trinajstić information content (AvgIpc) is 2.65. The number of hydrogen-bond donors (Lipinski definition) is 0. The molecule has 0 aliphatic rings. The lowest BCUT2D eigenvalue weighted by molar-refractivity contribution is 0.936. The fraction of sp³-hybridized carbons (Fsp3) is 0.333. The molecule has 1 atom stereocenters. The van der Waals surface area contributed by atoms with Crippen molar-refractivity contribution in [1.82, 2.24) is 0 Å². The minimum absolute atomic E-state index is 0.0432. The van der Waals surface area contributed by atoms with Gasteiger partial charge in [-0.25, -0.2) is 0 Å². The van der Waals surface area contributed by atoms with Crippen molar-refractivity contribution in [2.45, 2.75) is 32.6 Å². The van der Waals surface area contributed by atoms with Gasteiger partial charge in [0.1, 0.15) is 0 Å². The fourth-order valence-corrected chi connectivity index (χ4v) is 3.69. The van der Waals surface area contributed by atoms with Crippen molar-refractivity contribution in [2.75, 3.05) is 0 Å². The lowest BCUT2D eigenvalue weighted by atomic mass is 10.0. The summed E-state index contributed by atoms with van der Waals surface area (Å²) in [6.45, 7) is 6.27. The molecule has 96 valence electrons. The smallest absolute Gasteiger partial charge is 0.0733 e. The zero-order chi connectivity index (χ0) is 13.3. The summed E-state index contributed by atoms with van der Waals surface area (Å²) in [5.41, 5.74) is 5.00. The van der Waals surface area contributed by atoms with Crippen LogP contribution in [0.1, 0.15) is 32.5 Å². The first kappa shape index (κ1) is 13.9. The van der Waals surface area contributed by atoms with Gasteiger partial charge in [0.15, 0.2) is 0 Å². The number of hydrogen-bond acceptors (Lipinski definition) is 1. The summed E-state index contributed by atoms with van der Waals surface area (Å²) in [6.07, 6.45) is 0.822. The predicted octanol–water partition coefficient (Wildman–Crippen LogP) is 5.85. The molecule has 0 aliphatic carbocycles. The van der Waals surface area contributed by atoms with E-state index >= 15 is 0 Å². The molecule has 3 heteroatoms. The van der Waals surface area contributed by atoms with E-state index in [2.05, 4.69) is 37.4 Å². The maximum absolute atomic E-state index is 6.48. The minimum Gasteiger partial charge on any atom is -0.145 e. The van der Waals surface area contributed by atoms with E-state index in [4.69, 9.17) is 23.2 Å². The van der Waals surface area contributed by atoms with Crippen molar-refractivity contribution < 1.29 is 0 Å². The van der Waals surface area contributed by atoms with E-state index in [1.165, 1.54) is 16.7 Å². The first-order valence-corrected chi connectivity index (χ1v) is 7.62. The molecular weight excluding hydrogens is 283 g/mol. The summed E-state index contributed by atoms with van der Waals surface area (Å²) in [7, 11) is 0. The molecule has 2 rings (SSSR count). The van der Waals surface area contributed by atoms with Crippen LogP contribution in [0.4, 0.5) is 0 Å². The van der Waals surface area contributed by atoms with Crippen LogP contribution in [-0.2, 0) is 6.42 Å². The van der Waals surface area contributed by atoms with E-state index in [9.17, 15) is 0 Å². The van der Waals surface area contributed by atoms with Gasteiger partial charge < -0.3 is 0 Å².